The second kappa shape index (κ2) is 6.44. The first-order chi connectivity index (χ1) is 8.19. The minimum absolute atomic E-state index is 0.770. The highest BCUT2D eigenvalue weighted by Crippen LogP contribution is 2.27. The lowest BCUT2D eigenvalue weighted by atomic mass is 10.1. The zero-order chi connectivity index (χ0) is 12.3. The third-order valence-electron chi connectivity index (χ3n) is 3.81. The summed E-state index contributed by atoms with van der Waals surface area (Å²) in [6, 6.07) is 1.62. The van der Waals surface area contributed by atoms with Gasteiger partial charge in [0.2, 0.25) is 0 Å². The van der Waals surface area contributed by atoms with Gasteiger partial charge >= 0.3 is 0 Å². The van der Waals surface area contributed by atoms with Crippen molar-refractivity contribution in [1.82, 2.24) is 10.2 Å². The SMILES string of the molecule is CCCC(CNC1CC1)N1CC(C)SC(C)C1. The second-order valence-corrected chi connectivity index (χ2v) is 7.72. The monoisotopic (exact) mass is 256 g/mol. The van der Waals surface area contributed by atoms with Crippen molar-refractivity contribution in [2.45, 2.75) is 69.0 Å². The summed E-state index contributed by atoms with van der Waals surface area (Å²) in [6.45, 7) is 10.9. The molecule has 0 bridgehead atoms. The smallest absolute Gasteiger partial charge is 0.0221 e. The number of thioether (sulfide) groups is 1. The molecule has 0 amide bonds. The van der Waals surface area contributed by atoms with E-state index in [1.807, 2.05) is 0 Å². The summed E-state index contributed by atoms with van der Waals surface area (Å²) in [6.07, 6.45) is 5.47. The van der Waals surface area contributed by atoms with Gasteiger partial charge in [0.25, 0.3) is 0 Å². The topological polar surface area (TPSA) is 15.3 Å². The van der Waals surface area contributed by atoms with Crippen LogP contribution >= 0.6 is 11.8 Å². The van der Waals surface area contributed by atoms with Gasteiger partial charge in [0, 0.05) is 42.2 Å². The van der Waals surface area contributed by atoms with Gasteiger partial charge in [-0.05, 0) is 19.3 Å². The fourth-order valence-corrected chi connectivity index (χ4v) is 4.20. The molecule has 1 aliphatic heterocycles. The fourth-order valence-electron chi connectivity index (χ4n) is 2.85. The first-order valence-corrected chi connectivity index (χ1v) is 8.26. The van der Waals surface area contributed by atoms with Crippen molar-refractivity contribution in [2.24, 2.45) is 0 Å². The predicted molar refractivity (Wildman–Crippen MR) is 77.8 cm³/mol. The van der Waals surface area contributed by atoms with Crippen LogP contribution in [0.15, 0.2) is 0 Å². The molecule has 0 radical (unpaired) electrons. The van der Waals surface area contributed by atoms with E-state index in [1.54, 1.807) is 0 Å². The average Bonchev–Trinajstić information content (AvgIpc) is 3.06. The van der Waals surface area contributed by atoms with Crippen molar-refractivity contribution in [3.8, 4) is 0 Å². The van der Waals surface area contributed by atoms with Crippen LogP contribution < -0.4 is 5.32 Å². The van der Waals surface area contributed by atoms with Crippen LogP contribution in [0.2, 0.25) is 0 Å². The first-order valence-electron chi connectivity index (χ1n) is 7.32. The maximum absolute atomic E-state index is 3.72. The zero-order valence-corrected chi connectivity index (χ0v) is 12.4. The van der Waals surface area contributed by atoms with Crippen LogP contribution in [0, 0.1) is 0 Å². The summed E-state index contributed by atoms with van der Waals surface area (Å²) < 4.78 is 0. The number of hydrogen-bond acceptors (Lipinski definition) is 3. The van der Waals surface area contributed by atoms with E-state index in [1.165, 1.54) is 45.3 Å². The van der Waals surface area contributed by atoms with Crippen molar-refractivity contribution in [1.29, 1.82) is 0 Å². The highest BCUT2D eigenvalue weighted by atomic mass is 32.2. The van der Waals surface area contributed by atoms with Gasteiger partial charge in [-0.15, -0.1) is 0 Å². The van der Waals surface area contributed by atoms with Gasteiger partial charge in [-0.2, -0.15) is 11.8 Å². The Bertz CT molecular complexity index is 220. The summed E-state index contributed by atoms with van der Waals surface area (Å²) in [5.74, 6) is 0. The van der Waals surface area contributed by atoms with Crippen LogP contribution in [0.1, 0.15) is 46.5 Å². The Hall–Kier alpha value is 0.270. The molecule has 0 aromatic rings. The van der Waals surface area contributed by atoms with E-state index in [9.17, 15) is 0 Å². The molecule has 1 saturated heterocycles. The molecular formula is C14H28N2S. The van der Waals surface area contributed by atoms with Crippen molar-refractivity contribution in [3.63, 3.8) is 0 Å². The predicted octanol–water partition coefficient (Wildman–Crippen LogP) is 2.73. The van der Waals surface area contributed by atoms with Gasteiger partial charge in [0.05, 0.1) is 0 Å². The quantitative estimate of drug-likeness (QED) is 0.787. The molecule has 2 aliphatic rings. The largest absolute Gasteiger partial charge is 0.312 e. The highest BCUT2D eigenvalue weighted by Gasteiger charge is 2.29. The van der Waals surface area contributed by atoms with Gasteiger partial charge < -0.3 is 5.32 Å². The molecule has 1 aliphatic carbocycles. The summed E-state index contributed by atoms with van der Waals surface area (Å²) in [5, 5.41) is 5.33. The van der Waals surface area contributed by atoms with Crippen LogP contribution in [-0.4, -0.2) is 47.1 Å². The molecule has 2 fully saturated rings. The van der Waals surface area contributed by atoms with Crippen molar-refractivity contribution >= 4 is 11.8 Å². The number of nitrogens with zero attached hydrogens (tertiary/aromatic N) is 1. The van der Waals surface area contributed by atoms with E-state index in [0.29, 0.717) is 0 Å². The summed E-state index contributed by atoms with van der Waals surface area (Å²) >= 11 is 2.16. The number of rotatable bonds is 6. The van der Waals surface area contributed by atoms with E-state index in [0.717, 1.165) is 22.6 Å². The molecule has 0 aromatic heterocycles. The summed E-state index contributed by atoms with van der Waals surface area (Å²) in [4.78, 5) is 2.74. The molecule has 1 saturated carbocycles. The normalized spacial score (nSPS) is 32.6. The summed E-state index contributed by atoms with van der Waals surface area (Å²) in [7, 11) is 0. The molecule has 2 nitrogen and oxygen atoms in total. The van der Waals surface area contributed by atoms with Gasteiger partial charge in [-0.1, -0.05) is 27.2 Å². The Balaban J connectivity index is 1.83. The van der Waals surface area contributed by atoms with Gasteiger partial charge in [0.15, 0.2) is 0 Å². The lowest BCUT2D eigenvalue weighted by Gasteiger charge is -2.40. The molecule has 17 heavy (non-hydrogen) atoms. The van der Waals surface area contributed by atoms with E-state index in [-0.39, 0.29) is 0 Å². The van der Waals surface area contributed by atoms with Crippen molar-refractivity contribution < 1.29 is 0 Å². The summed E-state index contributed by atoms with van der Waals surface area (Å²) in [5.41, 5.74) is 0. The van der Waals surface area contributed by atoms with Crippen LogP contribution in [0.3, 0.4) is 0 Å². The first kappa shape index (κ1) is 13.7. The number of hydrogen-bond donors (Lipinski definition) is 1. The van der Waals surface area contributed by atoms with E-state index in [2.05, 4.69) is 42.7 Å². The van der Waals surface area contributed by atoms with E-state index < -0.39 is 0 Å². The van der Waals surface area contributed by atoms with E-state index >= 15 is 0 Å². The fraction of sp³-hybridized carbons (Fsp3) is 1.00. The maximum Gasteiger partial charge on any atom is 0.0221 e. The molecule has 3 heteroatoms. The van der Waals surface area contributed by atoms with Crippen molar-refractivity contribution in [2.75, 3.05) is 19.6 Å². The molecule has 0 aromatic carbocycles. The Morgan fingerprint density at radius 1 is 1.24 bits per heavy atom. The third-order valence-corrected chi connectivity index (χ3v) is 5.03. The van der Waals surface area contributed by atoms with Crippen LogP contribution in [0.25, 0.3) is 0 Å². The average molecular weight is 256 g/mol. The maximum atomic E-state index is 3.72. The molecular weight excluding hydrogens is 228 g/mol. The molecule has 3 atom stereocenters. The molecule has 1 heterocycles. The number of nitrogens with one attached hydrogen (secondary N) is 1. The molecule has 100 valence electrons. The Kier molecular flexibility index (Phi) is 5.19. The lowest BCUT2D eigenvalue weighted by molar-refractivity contribution is 0.179. The third kappa shape index (κ3) is 4.46. The standard InChI is InChI=1S/C14H28N2S/c1-4-5-14(8-15-13-6-7-13)16-9-11(2)17-12(3)10-16/h11-15H,4-10H2,1-3H3. The molecule has 0 spiro atoms. The van der Waals surface area contributed by atoms with Crippen LogP contribution in [-0.2, 0) is 0 Å². The molecule has 3 unspecified atom stereocenters. The lowest BCUT2D eigenvalue weighted by Crippen LogP contribution is -2.50. The molecule has 2 rings (SSSR count). The Labute approximate surface area is 111 Å². The second-order valence-electron chi connectivity index (χ2n) is 5.84. The zero-order valence-electron chi connectivity index (χ0n) is 11.6. The van der Waals surface area contributed by atoms with Gasteiger partial charge in [0.1, 0.15) is 0 Å². The molecule has 1 N–H and O–H groups in total. The van der Waals surface area contributed by atoms with Gasteiger partial charge in [-0.3, -0.25) is 4.90 Å². The van der Waals surface area contributed by atoms with Gasteiger partial charge in [-0.25, -0.2) is 0 Å². The Morgan fingerprint density at radius 3 is 2.41 bits per heavy atom. The van der Waals surface area contributed by atoms with Crippen LogP contribution in [0.4, 0.5) is 0 Å². The van der Waals surface area contributed by atoms with E-state index in [4.69, 9.17) is 0 Å². The minimum atomic E-state index is 0.770. The van der Waals surface area contributed by atoms with Crippen LogP contribution in [0.5, 0.6) is 0 Å². The minimum Gasteiger partial charge on any atom is -0.312 e. The Morgan fingerprint density at radius 2 is 1.88 bits per heavy atom. The highest BCUT2D eigenvalue weighted by molar-refractivity contribution is 8.00. The van der Waals surface area contributed by atoms with Crippen molar-refractivity contribution in [3.05, 3.63) is 0 Å².